The van der Waals surface area contributed by atoms with Crippen LogP contribution in [0.3, 0.4) is 0 Å². The molecule has 0 bridgehead atoms. The van der Waals surface area contributed by atoms with Gasteiger partial charge in [0, 0.05) is 5.75 Å². The molecule has 0 saturated heterocycles. The zero-order chi connectivity index (χ0) is 7.97. The van der Waals surface area contributed by atoms with Crippen LogP contribution in [0.25, 0.3) is 0 Å². The quantitative estimate of drug-likeness (QED) is 0.543. The smallest absolute Gasteiger partial charge is 0.0232 e. The third-order valence-electron chi connectivity index (χ3n) is 2.65. The Morgan fingerprint density at radius 1 is 1.33 bits per heavy atom. The van der Waals surface area contributed by atoms with Crippen molar-refractivity contribution in [2.45, 2.75) is 12.8 Å². The summed E-state index contributed by atoms with van der Waals surface area (Å²) in [6.07, 6.45) is 9.39. The first-order valence-corrected chi connectivity index (χ1v) is 5.43. The summed E-state index contributed by atoms with van der Waals surface area (Å²) in [7, 11) is 0. The SMILES string of the molecule is C1=CC2=C(CC1)C1=CSCC1=C2. The maximum Gasteiger partial charge on any atom is 0.0232 e. The highest BCUT2D eigenvalue weighted by Gasteiger charge is 2.24. The molecule has 0 aromatic heterocycles. The van der Waals surface area contributed by atoms with Crippen molar-refractivity contribution >= 4 is 11.8 Å². The molecule has 0 unspecified atom stereocenters. The average Bonchev–Trinajstić information content (AvgIpc) is 2.62. The normalized spacial score (nSPS) is 25.3. The van der Waals surface area contributed by atoms with Gasteiger partial charge in [-0.05, 0) is 46.6 Å². The lowest BCUT2D eigenvalue weighted by molar-refractivity contribution is 0.973. The number of hydrogen-bond donors (Lipinski definition) is 0. The van der Waals surface area contributed by atoms with E-state index in [0.29, 0.717) is 0 Å². The molecule has 1 heteroatoms. The molecule has 0 nitrogen and oxygen atoms in total. The number of hydrogen-bond acceptors (Lipinski definition) is 1. The van der Waals surface area contributed by atoms with E-state index in [9.17, 15) is 0 Å². The third kappa shape index (κ3) is 0.802. The van der Waals surface area contributed by atoms with Crippen molar-refractivity contribution in [3.05, 3.63) is 45.9 Å². The fraction of sp³-hybridized carbons (Fsp3) is 0.273. The first-order valence-electron chi connectivity index (χ1n) is 4.38. The van der Waals surface area contributed by atoms with Gasteiger partial charge in [-0.25, -0.2) is 0 Å². The van der Waals surface area contributed by atoms with Crippen LogP contribution in [0.2, 0.25) is 0 Å². The molecule has 0 atom stereocenters. The standard InChI is InChI=1S/C11H10S/c1-2-4-10-8(3-1)5-9-6-12-7-11(9)10/h1,3,5,7H,2,4,6H2. The summed E-state index contributed by atoms with van der Waals surface area (Å²) in [4.78, 5) is 0. The van der Waals surface area contributed by atoms with Gasteiger partial charge in [-0.2, -0.15) is 0 Å². The molecule has 0 fully saturated rings. The van der Waals surface area contributed by atoms with Gasteiger partial charge in [0.1, 0.15) is 0 Å². The molecule has 0 amide bonds. The Labute approximate surface area is 76.7 Å². The van der Waals surface area contributed by atoms with Crippen LogP contribution in [0.5, 0.6) is 0 Å². The summed E-state index contributed by atoms with van der Waals surface area (Å²) >= 11 is 1.93. The van der Waals surface area contributed by atoms with Crippen LogP contribution in [0.15, 0.2) is 45.9 Å². The molecule has 2 aliphatic carbocycles. The third-order valence-corrected chi connectivity index (χ3v) is 3.53. The molecule has 0 N–H and O–H groups in total. The predicted octanol–water partition coefficient (Wildman–Crippen LogP) is 3.20. The highest BCUT2D eigenvalue weighted by atomic mass is 32.2. The van der Waals surface area contributed by atoms with E-state index in [1.54, 1.807) is 16.7 Å². The van der Waals surface area contributed by atoms with Gasteiger partial charge in [0.05, 0.1) is 0 Å². The first-order chi connectivity index (χ1) is 5.95. The number of rotatable bonds is 0. The Morgan fingerprint density at radius 3 is 3.33 bits per heavy atom. The van der Waals surface area contributed by atoms with Crippen LogP contribution < -0.4 is 0 Å². The Balaban J connectivity index is 2.14. The van der Waals surface area contributed by atoms with E-state index in [4.69, 9.17) is 0 Å². The van der Waals surface area contributed by atoms with Crippen molar-refractivity contribution in [2.75, 3.05) is 5.75 Å². The lowest BCUT2D eigenvalue weighted by atomic mass is 9.96. The Morgan fingerprint density at radius 2 is 2.33 bits per heavy atom. The maximum absolute atomic E-state index is 2.36. The average molecular weight is 174 g/mol. The molecular formula is C11H10S. The van der Waals surface area contributed by atoms with E-state index in [0.717, 1.165) is 0 Å². The van der Waals surface area contributed by atoms with E-state index in [-0.39, 0.29) is 0 Å². The van der Waals surface area contributed by atoms with Crippen molar-refractivity contribution in [3.63, 3.8) is 0 Å². The molecule has 0 aromatic rings. The summed E-state index contributed by atoms with van der Waals surface area (Å²) in [5.74, 6) is 1.19. The van der Waals surface area contributed by atoms with E-state index < -0.39 is 0 Å². The second-order valence-corrected chi connectivity index (χ2v) is 4.24. The van der Waals surface area contributed by atoms with Crippen LogP contribution in [-0.2, 0) is 0 Å². The molecule has 12 heavy (non-hydrogen) atoms. The van der Waals surface area contributed by atoms with Gasteiger partial charge < -0.3 is 0 Å². The molecule has 0 saturated carbocycles. The topological polar surface area (TPSA) is 0 Å². The summed E-state index contributed by atoms with van der Waals surface area (Å²) in [6, 6.07) is 0. The molecule has 3 rings (SSSR count). The molecular weight excluding hydrogens is 164 g/mol. The van der Waals surface area contributed by atoms with Gasteiger partial charge in [0.15, 0.2) is 0 Å². The second-order valence-electron chi connectivity index (χ2n) is 3.39. The minimum atomic E-state index is 1.19. The molecule has 0 aromatic carbocycles. The van der Waals surface area contributed by atoms with Crippen molar-refractivity contribution in [1.29, 1.82) is 0 Å². The van der Waals surface area contributed by atoms with E-state index >= 15 is 0 Å². The van der Waals surface area contributed by atoms with E-state index in [1.807, 2.05) is 11.8 Å². The Hall–Kier alpha value is -0.690. The van der Waals surface area contributed by atoms with Crippen LogP contribution in [0.4, 0.5) is 0 Å². The number of fused-ring (bicyclic) bond motifs is 2. The minimum absolute atomic E-state index is 1.19. The van der Waals surface area contributed by atoms with E-state index in [2.05, 4.69) is 23.6 Å². The Bertz CT molecular complexity index is 353. The van der Waals surface area contributed by atoms with Gasteiger partial charge in [-0.15, -0.1) is 11.8 Å². The molecule has 3 aliphatic rings. The van der Waals surface area contributed by atoms with Gasteiger partial charge in [0.2, 0.25) is 0 Å². The second kappa shape index (κ2) is 2.40. The van der Waals surface area contributed by atoms with Crippen molar-refractivity contribution in [2.24, 2.45) is 0 Å². The monoisotopic (exact) mass is 174 g/mol. The fourth-order valence-corrected chi connectivity index (χ4v) is 3.01. The molecule has 0 spiro atoms. The van der Waals surface area contributed by atoms with Crippen molar-refractivity contribution < 1.29 is 0 Å². The van der Waals surface area contributed by atoms with Gasteiger partial charge in [0.25, 0.3) is 0 Å². The van der Waals surface area contributed by atoms with E-state index in [1.165, 1.54) is 24.2 Å². The lowest BCUT2D eigenvalue weighted by Gasteiger charge is -2.08. The zero-order valence-corrected chi connectivity index (χ0v) is 7.66. The van der Waals surface area contributed by atoms with Crippen LogP contribution in [0.1, 0.15) is 12.8 Å². The summed E-state index contributed by atoms with van der Waals surface area (Å²) < 4.78 is 0. The maximum atomic E-state index is 2.36. The zero-order valence-electron chi connectivity index (χ0n) is 6.84. The van der Waals surface area contributed by atoms with Crippen LogP contribution in [0, 0.1) is 0 Å². The number of allylic oxidation sites excluding steroid dienone is 6. The van der Waals surface area contributed by atoms with Gasteiger partial charge in [-0.3, -0.25) is 0 Å². The largest absolute Gasteiger partial charge is 0.129 e. The molecule has 0 radical (unpaired) electrons. The van der Waals surface area contributed by atoms with Crippen LogP contribution >= 0.6 is 11.8 Å². The Kier molecular flexibility index (Phi) is 1.36. The minimum Gasteiger partial charge on any atom is -0.129 e. The lowest BCUT2D eigenvalue weighted by Crippen LogP contribution is -1.90. The van der Waals surface area contributed by atoms with Crippen molar-refractivity contribution in [1.82, 2.24) is 0 Å². The molecule has 60 valence electrons. The highest BCUT2D eigenvalue weighted by molar-refractivity contribution is 8.02. The van der Waals surface area contributed by atoms with Gasteiger partial charge in [-0.1, -0.05) is 12.2 Å². The highest BCUT2D eigenvalue weighted by Crippen LogP contribution is 2.43. The van der Waals surface area contributed by atoms with Gasteiger partial charge >= 0.3 is 0 Å². The predicted molar refractivity (Wildman–Crippen MR) is 54.0 cm³/mol. The fourth-order valence-electron chi connectivity index (χ4n) is 2.05. The molecule has 1 heterocycles. The first kappa shape index (κ1) is 6.79. The summed E-state index contributed by atoms with van der Waals surface area (Å²) in [6.45, 7) is 0. The summed E-state index contributed by atoms with van der Waals surface area (Å²) in [5.41, 5.74) is 6.16. The van der Waals surface area contributed by atoms with Crippen LogP contribution in [-0.4, -0.2) is 5.75 Å². The van der Waals surface area contributed by atoms with Crippen molar-refractivity contribution in [3.8, 4) is 0 Å². The summed E-state index contributed by atoms with van der Waals surface area (Å²) in [5, 5.41) is 2.33. The molecule has 1 aliphatic heterocycles. The number of thioether (sulfide) groups is 1.